The van der Waals surface area contributed by atoms with Gasteiger partial charge in [-0.25, -0.2) is 0 Å². The topological polar surface area (TPSA) is 0 Å². The molecule has 0 aromatic rings. The Labute approximate surface area is 154 Å². The van der Waals surface area contributed by atoms with Crippen molar-refractivity contribution in [1.82, 2.24) is 0 Å². The molecule has 0 amide bonds. The van der Waals surface area contributed by atoms with Gasteiger partial charge in [0.05, 0.1) is 0 Å². The highest BCUT2D eigenvalue weighted by Gasteiger charge is 2.51. The Bertz CT molecular complexity index is 303. The average Bonchev–Trinajstić information content (AvgIpc) is 3.26. The van der Waals surface area contributed by atoms with E-state index in [-0.39, 0.29) is 0 Å². The minimum Gasteiger partial charge on any atom is -0.0654 e. The van der Waals surface area contributed by atoms with Gasteiger partial charge in [-0.3, -0.25) is 0 Å². The molecule has 1 aliphatic carbocycles. The molecule has 0 N–H and O–H groups in total. The van der Waals surface area contributed by atoms with Crippen molar-refractivity contribution in [2.24, 2.45) is 29.1 Å². The van der Waals surface area contributed by atoms with Gasteiger partial charge in [-0.05, 0) is 48.3 Å². The molecule has 0 radical (unpaired) electrons. The Hall–Kier alpha value is 0. The SMILES string of the molecule is CCCCCCCC1(C)CC1C(C)CC(CC)CCC(CC)CC. The zero-order valence-corrected chi connectivity index (χ0v) is 18.0. The van der Waals surface area contributed by atoms with Gasteiger partial charge >= 0.3 is 0 Å². The zero-order valence-electron chi connectivity index (χ0n) is 18.0. The second-order valence-corrected chi connectivity index (χ2v) is 9.38. The van der Waals surface area contributed by atoms with Crippen LogP contribution in [0.15, 0.2) is 0 Å². The normalized spacial score (nSPS) is 25.9. The molecule has 144 valence electrons. The first-order valence-electron chi connectivity index (χ1n) is 11.5. The highest BCUT2D eigenvalue weighted by atomic mass is 14.6. The van der Waals surface area contributed by atoms with Gasteiger partial charge in [0.2, 0.25) is 0 Å². The molecule has 0 aromatic heterocycles. The van der Waals surface area contributed by atoms with Crippen molar-refractivity contribution in [1.29, 1.82) is 0 Å². The molecule has 1 fully saturated rings. The lowest BCUT2D eigenvalue weighted by Gasteiger charge is -2.23. The average molecular weight is 337 g/mol. The molecule has 0 nitrogen and oxygen atoms in total. The van der Waals surface area contributed by atoms with Gasteiger partial charge in [0.1, 0.15) is 0 Å². The van der Waals surface area contributed by atoms with Gasteiger partial charge in [-0.2, -0.15) is 0 Å². The van der Waals surface area contributed by atoms with E-state index in [1.165, 1.54) is 83.5 Å². The predicted molar refractivity (Wildman–Crippen MR) is 110 cm³/mol. The summed E-state index contributed by atoms with van der Waals surface area (Å²) in [6.45, 7) is 14.6. The number of hydrogen-bond donors (Lipinski definition) is 0. The number of rotatable bonds is 15. The number of hydrogen-bond acceptors (Lipinski definition) is 0. The molecule has 0 heteroatoms. The fourth-order valence-electron chi connectivity index (χ4n) is 5.10. The first kappa shape index (κ1) is 22.0. The summed E-state index contributed by atoms with van der Waals surface area (Å²) < 4.78 is 0. The van der Waals surface area contributed by atoms with Crippen LogP contribution in [-0.4, -0.2) is 0 Å². The summed E-state index contributed by atoms with van der Waals surface area (Å²) in [5, 5.41) is 0. The Balaban J connectivity index is 2.27. The maximum Gasteiger partial charge on any atom is -0.0292 e. The molecular formula is C24H48. The van der Waals surface area contributed by atoms with E-state index in [0.717, 1.165) is 23.7 Å². The maximum atomic E-state index is 2.58. The lowest BCUT2D eigenvalue weighted by Crippen LogP contribution is -2.12. The molecule has 0 aliphatic heterocycles. The molecule has 0 heterocycles. The third kappa shape index (κ3) is 7.49. The van der Waals surface area contributed by atoms with Gasteiger partial charge in [0, 0.05) is 0 Å². The first-order chi connectivity index (χ1) is 11.5. The third-order valence-electron chi connectivity index (χ3n) is 7.38. The van der Waals surface area contributed by atoms with E-state index < -0.39 is 0 Å². The second-order valence-electron chi connectivity index (χ2n) is 9.38. The fraction of sp³-hybridized carbons (Fsp3) is 1.00. The van der Waals surface area contributed by atoms with Gasteiger partial charge in [-0.15, -0.1) is 0 Å². The summed E-state index contributed by atoms with van der Waals surface area (Å²) in [5.74, 6) is 3.95. The summed E-state index contributed by atoms with van der Waals surface area (Å²) >= 11 is 0. The molecular weight excluding hydrogens is 288 g/mol. The predicted octanol–water partition coefficient (Wildman–Crippen LogP) is 8.64. The molecule has 4 unspecified atom stereocenters. The second kappa shape index (κ2) is 11.6. The van der Waals surface area contributed by atoms with Crippen LogP contribution in [0.4, 0.5) is 0 Å². The summed E-state index contributed by atoms with van der Waals surface area (Å²) in [5.41, 5.74) is 0.708. The van der Waals surface area contributed by atoms with Crippen LogP contribution < -0.4 is 0 Å². The van der Waals surface area contributed by atoms with Crippen molar-refractivity contribution in [3.63, 3.8) is 0 Å². The summed E-state index contributed by atoms with van der Waals surface area (Å²) in [6.07, 6.45) is 18.8. The Morgan fingerprint density at radius 1 is 0.833 bits per heavy atom. The van der Waals surface area contributed by atoms with Crippen molar-refractivity contribution < 1.29 is 0 Å². The van der Waals surface area contributed by atoms with Gasteiger partial charge in [0.15, 0.2) is 0 Å². The Morgan fingerprint density at radius 2 is 1.42 bits per heavy atom. The summed E-state index contributed by atoms with van der Waals surface area (Å²) in [6, 6.07) is 0. The number of unbranched alkanes of at least 4 members (excludes halogenated alkanes) is 4. The highest BCUT2D eigenvalue weighted by Crippen LogP contribution is 2.60. The molecule has 1 aliphatic rings. The lowest BCUT2D eigenvalue weighted by atomic mass is 9.82. The molecule has 1 rings (SSSR count). The van der Waals surface area contributed by atoms with E-state index in [4.69, 9.17) is 0 Å². The third-order valence-corrected chi connectivity index (χ3v) is 7.38. The molecule has 4 atom stereocenters. The van der Waals surface area contributed by atoms with Gasteiger partial charge in [-0.1, -0.05) is 106 Å². The van der Waals surface area contributed by atoms with Crippen LogP contribution in [0.5, 0.6) is 0 Å². The van der Waals surface area contributed by atoms with Crippen LogP contribution in [0.3, 0.4) is 0 Å². The lowest BCUT2D eigenvalue weighted by molar-refractivity contribution is 0.277. The van der Waals surface area contributed by atoms with E-state index in [1.54, 1.807) is 0 Å². The van der Waals surface area contributed by atoms with Crippen LogP contribution >= 0.6 is 0 Å². The van der Waals surface area contributed by atoms with Crippen LogP contribution in [-0.2, 0) is 0 Å². The van der Waals surface area contributed by atoms with Crippen LogP contribution in [0.25, 0.3) is 0 Å². The first-order valence-corrected chi connectivity index (χ1v) is 11.5. The molecule has 24 heavy (non-hydrogen) atoms. The van der Waals surface area contributed by atoms with E-state index >= 15 is 0 Å². The van der Waals surface area contributed by atoms with Gasteiger partial charge in [0.25, 0.3) is 0 Å². The molecule has 0 saturated heterocycles. The zero-order chi connectivity index (χ0) is 18.0. The summed E-state index contributed by atoms with van der Waals surface area (Å²) in [7, 11) is 0. The van der Waals surface area contributed by atoms with Crippen LogP contribution in [0.1, 0.15) is 125 Å². The molecule has 0 spiro atoms. The van der Waals surface area contributed by atoms with E-state index in [9.17, 15) is 0 Å². The minimum absolute atomic E-state index is 0.708. The van der Waals surface area contributed by atoms with Crippen molar-refractivity contribution in [3.8, 4) is 0 Å². The summed E-state index contributed by atoms with van der Waals surface area (Å²) in [4.78, 5) is 0. The largest absolute Gasteiger partial charge is 0.0654 e. The Kier molecular flexibility index (Phi) is 10.6. The molecule has 0 bridgehead atoms. The van der Waals surface area contributed by atoms with Crippen molar-refractivity contribution in [2.75, 3.05) is 0 Å². The minimum atomic E-state index is 0.708. The van der Waals surface area contributed by atoms with Crippen molar-refractivity contribution in [3.05, 3.63) is 0 Å². The standard InChI is InChI=1S/C24H48/c1-7-11-12-13-14-17-24(6)19-23(24)20(5)18-22(10-4)16-15-21(8-2)9-3/h20-23H,7-19H2,1-6H3. The maximum absolute atomic E-state index is 2.58. The van der Waals surface area contributed by atoms with Gasteiger partial charge < -0.3 is 0 Å². The van der Waals surface area contributed by atoms with E-state index in [0.29, 0.717) is 5.41 Å². The van der Waals surface area contributed by atoms with Crippen molar-refractivity contribution >= 4 is 0 Å². The Morgan fingerprint density at radius 3 is 2.00 bits per heavy atom. The van der Waals surface area contributed by atoms with E-state index in [1.807, 2.05) is 0 Å². The highest BCUT2D eigenvalue weighted by molar-refractivity contribution is 5.01. The van der Waals surface area contributed by atoms with E-state index in [2.05, 4.69) is 41.5 Å². The van der Waals surface area contributed by atoms with Crippen LogP contribution in [0.2, 0.25) is 0 Å². The molecule has 0 aromatic carbocycles. The fourth-order valence-corrected chi connectivity index (χ4v) is 5.10. The smallest absolute Gasteiger partial charge is 0.0292 e. The van der Waals surface area contributed by atoms with Crippen LogP contribution in [0, 0.1) is 29.1 Å². The monoisotopic (exact) mass is 336 g/mol. The molecule has 1 saturated carbocycles. The quantitative estimate of drug-likeness (QED) is 0.262. The van der Waals surface area contributed by atoms with Crippen molar-refractivity contribution in [2.45, 2.75) is 125 Å².